The Morgan fingerprint density at radius 1 is 1.00 bits per heavy atom. The fourth-order valence-electron chi connectivity index (χ4n) is 2.13. The van der Waals surface area contributed by atoms with Crippen LogP contribution in [0.4, 0.5) is 5.69 Å². The number of hydrogen-bond donors (Lipinski definition) is 2. The van der Waals surface area contributed by atoms with E-state index in [-0.39, 0.29) is 10.8 Å². The van der Waals surface area contributed by atoms with E-state index in [2.05, 4.69) is 10.0 Å². The third-order valence-electron chi connectivity index (χ3n) is 3.38. The van der Waals surface area contributed by atoms with Gasteiger partial charge < -0.3 is 10.1 Å². The smallest absolute Gasteiger partial charge is 0.261 e. The van der Waals surface area contributed by atoms with Crippen molar-refractivity contribution in [2.75, 3.05) is 17.9 Å². The number of nitrogens with one attached hydrogen (secondary N) is 2. The van der Waals surface area contributed by atoms with Gasteiger partial charge in [-0.1, -0.05) is 6.92 Å². The Balaban J connectivity index is 2.09. The summed E-state index contributed by atoms with van der Waals surface area (Å²) >= 11 is 0. The maximum atomic E-state index is 12.4. The van der Waals surface area contributed by atoms with Gasteiger partial charge in [0.15, 0.2) is 0 Å². The number of rotatable bonds is 8. The molecule has 0 saturated heterocycles. The van der Waals surface area contributed by atoms with Crippen molar-refractivity contribution in [3.05, 3.63) is 54.1 Å². The van der Waals surface area contributed by atoms with Crippen LogP contribution in [-0.4, -0.2) is 27.5 Å². The lowest BCUT2D eigenvalue weighted by molar-refractivity contribution is 0.0953. The second kappa shape index (κ2) is 8.53. The van der Waals surface area contributed by atoms with Gasteiger partial charge in [0.1, 0.15) is 5.75 Å². The lowest BCUT2D eigenvalue weighted by atomic mass is 10.2. The molecule has 0 aliphatic rings. The Morgan fingerprint density at radius 2 is 1.64 bits per heavy atom. The molecule has 0 aromatic heterocycles. The minimum atomic E-state index is -3.72. The number of ether oxygens (including phenoxy) is 1. The summed E-state index contributed by atoms with van der Waals surface area (Å²) in [7, 11) is -3.72. The summed E-state index contributed by atoms with van der Waals surface area (Å²) in [5.41, 5.74) is 0.863. The summed E-state index contributed by atoms with van der Waals surface area (Å²) in [6.07, 6.45) is 0.838. The van der Waals surface area contributed by atoms with E-state index in [4.69, 9.17) is 4.74 Å². The van der Waals surface area contributed by atoms with Crippen LogP contribution in [0, 0.1) is 0 Å². The normalized spacial score (nSPS) is 11.0. The van der Waals surface area contributed by atoms with E-state index in [0.29, 0.717) is 30.2 Å². The van der Waals surface area contributed by atoms with E-state index >= 15 is 0 Å². The first-order valence-electron chi connectivity index (χ1n) is 8.10. The molecule has 0 bridgehead atoms. The fraction of sp³-hybridized carbons (Fsp3) is 0.278. The maximum Gasteiger partial charge on any atom is 0.261 e. The molecule has 134 valence electrons. The molecule has 2 rings (SSSR count). The summed E-state index contributed by atoms with van der Waals surface area (Å²) in [5, 5.41) is 2.75. The van der Waals surface area contributed by atoms with Crippen LogP contribution in [0.15, 0.2) is 53.4 Å². The molecular weight excluding hydrogens is 340 g/mol. The van der Waals surface area contributed by atoms with Gasteiger partial charge in [-0.15, -0.1) is 0 Å². The van der Waals surface area contributed by atoms with Gasteiger partial charge in [0.2, 0.25) is 0 Å². The SMILES string of the molecule is CCCNC(=O)c1ccc(S(=O)(=O)Nc2ccc(OCC)cc2)cc1. The predicted octanol–water partition coefficient (Wildman–Crippen LogP) is 3.03. The molecule has 0 aliphatic carbocycles. The minimum absolute atomic E-state index is 0.0911. The van der Waals surface area contributed by atoms with Crippen LogP contribution in [0.3, 0.4) is 0 Å². The lowest BCUT2D eigenvalue weighted by Gasteiger charge is -2.10. The summed E-state index contributed by atoms with van der Waals surface area (Å²) in [6, 6.07) is 12.5. The van der Waals surface area contributed by atoms with Gasteiger partial charge in [-0.25, -0.2) is 8.42 Å². The third-order valence-corrected chi connectivity index (χ3v) is 4.78. The zero-order chi connectivity index (χ0) is 18.3. The van der Waals surface area contributed by atoms with Crippen LogP contribution in [0.1, 0.15) is 30.6 Å². The topological polar surface area (TPSA) is 84.5 Å². The minimum Gasteiger partial charge on any atom is -0.494 e. The highest BCUT2D eigenvalue weighted by Gasteiger charge is 2.15. The molecule has 2 aromatic rings. The molecule has 0 spiro atoms. The number of sulfonamides is 1. The van der Waals surface area contributed by atoms with Crippen molar-refractivity contribution in [1.82, 2.24) is 5.32 Å². The fourth-order valence-corrected chi connectivity index (χ4v) is 3.18. The molecule has 6 nitrogen and oxygen atoms in total. The number of hydrogen-bond acceptors (Lipinski definition) is 4. The molecule has 0 aliphatic heterocycles. The standard InChI is InChI=1S/C18H22N2O4S/c1-3-13-19-18(21)14-5-11-17(12-6-14)25(22,23)20-15-7-9-16(10-8-15)24-4-2/h5-12,20H,3-4,13H2,1-2H3,(H,19,21). The molecule has 1 amide bonds. The Morgan fingerprint density at radius 3 is 2.20 bits per heavy atom. The molecular formula is C18H22N2O4S. The largest absolute Gasteiger partial charge is 0.494 e. The Kier molecular flexibility index (Phi) is 6.41. The molecule has 0 saturated carbocycles. The zero-order valence-electron chi connectivity index (χ0n) is 14.3. The molecule has 7 heteroatoms. The van der Waals surface area contributed by atoms with E-state index < -0.39 is 10.0 Å². The van der Waals surface area contributed by atoms with Gasteiger partial charge >= 0.3 is 0 Å². The van der Waals surface area contributed by atoms with Crippen LogP contribution in [0.2, 0.25) is 0 Å². The van der Waals surface area contributed by atoms with E-state index in [1.165, 1.54) is 24.3 Å². The van der Waals surface area contributed by atoms with Gasteiger partial charge in [-0.2, -0.15) is 0 Å². The first kappa shape index (κ1) is 18.8. The summed E-state index contributed by atoms with van der Waals surface area (Å²) in [6.45, 7) is 4.97. The molecule has 25 heavy (non-hydrogen) atoms. The Hall–Kier alpha value is -2.54. The van der Waals surface area contributed by atoms with Gasteiger partial charge in [0, 0.05) is 17.8 Å². The quantitative estimate of drug-likeness (QED) is 0.756. The second-order valence-electron chi connectivity index (χ2n) is 5.34. The van der Waals surface area contributed by atoms with E-state index in [1.807, 2.05) is 13.8 Å². The molecule has 0 heterocycles. The number of benzene rings is 2. The van der Waals surface area contributed by atoms with Crippen LogP contribution >= 0.6 is 0 Å². The Bertz CT molecular complexity index is 800. The highest BCUT2D eigenvalue weighted by molar-refractivity contribution is 7.92. The highest BCUT2D eigenvalue weighted by Crippen LogP contribution is 2.20. The summed E-state index contributed by atoms with van der Waals surface area (Å²) in [4.78, 5) is 11.9. The molecule has 0 fully saturated rings. The number of anilines is 1. The third kappa shape index (κ3) is 5.22. The van der Waals surface area contributed by atoms with Crippen molar-refractivity contribution >= 4 is 21.6 Å². The zero-order valence-corrected chi connectivity index (χ0v) is 15.1. The Labute approximate surface area is 148 Å². The van der Waals surface area contributed by atoms with Gasteiger partial charge in [-0.3, -0.25) is 9.52 Å². The summed E-state index contributed by atoms with van der Waals surface area (Å²) in [5.74, 6) is 0.457. The van der Waals surface area contributed by atoms with E-state index in [9.17, 15) is 13.2 Å². The summed E-state index contributed by atoms with van der Waals surface area (Å²) < 4.78 is 32.7. The van der Waals surface area contributed by atoms with Crippen LogP contribution < -0.4 is 14.8 Å². The van der Waals surface area contributed by atoms with Crippen molar-refractivity contribution in [2.24, 2.45) is 0 Å². The van der Waals surface area contributed by atoms with E-state index in [0.717, 1.165) is 6.42 Å². The first-order valence-corrected chi connectivity index (χ1v) is 9.58. The van der Waals surface area contributed by atoms with Gasteiger partial charge in [-0.05, 0) is 61.9 Å². The van der Waals surface area contributed by atoms with Crippen molar-refractivity contribution < 1.29 is 17.9 Å². The molecule has 0 atom stereocenters. The highest BCUT2D eigenvalue weighted by atomic mass is 32.2. The van der Waals surface area contributed by atoms with Crippen molar-refractivity contribution in [2.45, 2.75) is 25.2 Å². The lowest BCUT2D eigenvalue weighted by Crippen LogP contribution is -2.24. The number of carbonyl (C=O) groups excluding carboxylic acids is 1. The van der Waals surface area contributed by atoms with E-state index in [1.54, 1.807) is 24.3 Å². The maximum absolute atomic E-state index is 12.4. The molecule has 2 N–H and O–H groups in total. The average Bonchev–Trinajstić information content (AvgIpc) is 2.61. The first-order chi connectivity index (χ1) is 12.0. The average molecular weight is 362 g/mol. The van der Waals surface area contributed by atoms with Gasteiger partial charge in [0.25, 0.3) is 15.9 Å². The number of carbonyl (C=O) groups is 1. The predicted molar refractivity (Wildman–Crippen MR) is 97.5 cm³/mol. The van der Waals surface area contributed by atoms with Crippen LogP contribution in [0.25, 0.3) is 0 Å². The number of amides is 1. The molecule has 2 aromatic carbocycles. The van der Waals surface area contributed by atoms with Crippen LogP contribution in [-0.2, 0) is 10.0 Å². The molecule has 0 radical (unpaired) electrons. The van der Waals surface area contributed by atoms with Gasteiger partial charge in [0.05, 0.1) is 11.5 Å². The second-order valence-corrected chi connectivity index (χ2v) is 7.03. The van der Waals surface area contributed by atoms with Crippen molar-refractivity contribution in [3.63, 3.8) is 0 Å². The van der Waals surface area contributed by atoms with Crippen molar-refractivity contribution in [3.8, 4) is 5.75 Å². The van der Waals surface area contributed by atoms with Crippen molar-refractivity contribution in [1.29, 1.82) is 0 Å². The molecule has 0 unspecified atom stereocenters. The monoisotopic (exact) mass is 362 g/mol. The van der Waals surface area contributed by atoms with Crippen LogP contribution in [0.5, 0.6) is 5.75 Å².